The summed E-state index contributed by atoms with van der Waals surface area (Å²) in [5, 5.41) is 6.08. The highest BCUT2D eigenvalue weighted by Crippen LogP contribution is 2.35. The second kappa shape index (κ2) is 6.77. The zero-order valence-corrected chi connectivity index (χ0v) is 14.3. The average molecular weight is 344 g/mol. The lowest BCUT2D eigenvalue weighted by Gasteiger charge is -2.37. The van der Waals surface area contributed by atoms with Crippen molar-refractivity contribution in [1.29, 1.82) is 0 Å². The van der Waals surface area contributed by atoms with Crippen LogP contribution in [0.15, 0.2) is 18.2 Å². The Bertz CT molecular complexity index is 682. The number of nitrogens with one attached hydrogen (secondary N) is 2. The van der Waals surface area contributed by atoms with Crippen LogP contribution in [0.1, 0.15) is 48.0 Å². The summed E-state index contributed by atoms with van der Waals surface area (Å²) in [6.45, 7) is 2.05. The van der Waals surface area contributed by atoms with Crippen molar-refractivity contribution in [3.05, 3.63) is 29.3 Å². The zero-order chi connectivity index (χ0) is 17.3. The van der Waals surface area contributed by atoms with E-state index in [4.69, 9.17) is 9.47 Å². The van der Waals surface area contributed by atoms with Gasteiger partial charge in [0.05, 0.1) is 11.6 Å². The van der Waals surface area contributed by atoms with E-state index in [1.807, 2.05) is 12.1 Å². The van der Waals surface area contributed by atoms with E-state index in [0.29, 0.717) is 31.8 Å². The smallest absolute Gasteiger partial charge is 0.251 e. The number of fused-ring (bicyclic) bond motifs is 1. The van der Waals surface area contributed by atoms with Crippen molar-refractivity contribution in [2.45, 2.75) is 50.2 Å². The van der Waals surface area contributed by atoms with E-state index in [1.54, 1.807) is 6.07 Å². The molecule has 3 aliphatic heterocycles. The molecule has 2 N–H and O–H groups in total. The molecule has 0 saturated carbocycles. The third kappa shape index (κ3) is 3.28. The second-order valence-electron chi connectivity index (χ2n) is 7.11. The second-order valence-corrected chi connectivity index (χ2v) is 7.11. The molecule has 1 spiro atoms. The molecular weight excluding hydrogens is 320 g/mol. The van der Waals surface area contributed by atoms with Gasteiger partial charge < -0.3 is 20.1 Å². The Labute approximate surface area is 147 Å². The summed E-state index contributed by atoms with van der Waals surface area (Å²) in [4.78, 5) is 24.4. The van der Waals surface area contributed by atoms with E-state index in [0.717, 1.165) is 43.4 Å². The molecule has 6 nitrogen and oxygen atoms in total. The van der Waals surface area contributed by atoms with Gasteiger partial charge in [0, 0.05) is 50.3 Å². The molecule has 2 saturated heterocycles. The molecule has 6 heteroatoms. The number of aryl methyl sites for hydroxylation is 1. The largest absolute Gasteiger partial charge is 0.381 e. The van der Waals surface area contributed by atoms with E-state index < -0.39 is 0 Å². The van der Waals surface area contributed by atoms with Crippen molar-refractivity contribution in [2.75, 3.05) is 25.1 Å². The van der Waals surface area contributed by atoms with Crippen molar-refractivity contribution < 1.29 is 19.1 Å². The zero-order valence-electron chi connectivity index (χ0n) is 14.3. The van der Waals surface area contributed by atoms with Gasteiger partial charge in [0.25, 0.3) is 5.91 Å². The summed E-state index contributed by atoms with van der Waals surface area (Å²) in [5.74, 6) is -0.0275. The topological polar surface area (TPSA) is 76.7 Å². The van der Waals surface area contributed by atoms with Crippen molar-refractivity contribution in [1.82, 2.24) is 5.32 Å². The third-order valence-electron chi connectivity index (χ3n) is 5.57. The maximum atomic E-state index is 12.8. The lowest BCUT2D eigenvalue weighted by molar-refractivity contribution is -0.116. The molecular formula is C19H24N2O4. The highest BCUT2D eigenvalue weighted by molar-refractivity contribution is 5.97. The first-order valence-corrected chi connectivity index (χ1v) is 9.12. The van der Waals surface area contributed by atoms with Crippen LogP contribution in [-0.2, 0) is 20.7 Å². The first-order chi connectivity index (χ1) is 12.2. The summed E-state index contributed by atoms with van der Waals surface area (Å²) in [7, 11) is 0. The number of anilines is 1. The van der Waals surface area contributed by atoms with Gasteiger partial charge in [0.15, 0.2) is 0 Å². The van der Waals surface area contributed by atoms with E-state index in [1.165, 1.54) is 0 Å². The Morgan fingerprint density at radius 2 is 2.04 bits per heavy atom. The summed E-state index contributed by atoms with van der Waals surface area (Å²) >= 11 is 0. The molecule has 3 heterocycles. The highest BCUT2D eigenvalue weighted by atomic mass is 16.5. The summed E-state index contributed by atoms with van der Waals surface area (Å²) in [6, 6.07) is 5.56. The molecule has 2 fully saturated rings. The van der Waals surface area contributed by atoms with Crippen LogP contribution in [0.5, 0.6) is 0 Å². The van der Waals surface area contributed by atoms with Crippen molar-refractivity contribution in [3.8, 4) is 0 Å². The van der Waals surface area contributed by atoms with Crippen LogP contribution < -0.4 is 10.6 Å². The van der Waals surface area contributed by atoms with Gasteiger partial charge in [-0.3, -0.25) is 9.59 Å². The van der Waals surface area contributed by atoms with Crippen LogP contribution >= 0.6 is 0 Å². The van der Waals surface area contributed by atoms with Gasteiger partial charge in [-0.2, -0.15) is 0 Å². The molecule has 0 aromatic heterocycles. The predicted octanol–water partition coefficient (Wildman–Crippen LogP) is 2.03. The summed E-state index contributed by atoms with van der Waals surface area (Å²) in [6.07, 6.45) is 4.64. The van der Waals surface area contributed by atoms with Crippen molar-refractivity contribution in [3.63, 3.8) is 0 Å². The van der Waals surface area contributed by atoms with Gasteiger partial charge in [0.1, 0.15) is 0 Å². The minimum Gasteiger partial charge on any atom is -0.381 e. The van der Waals surface area contributed by atoms with Gasteiger partial charge in [-0.25, -0.2) is 0 Å². The highest BCUT2D eigenvalue weighted by Gasteiger charge is 2.46. The average Bonchev–Trinajstić information content (AvgIpc) is 2.87. The van der Waals surface area contributed by atoms with Crippen molar-refractivity contribution in [2.24, 2.45) is 0 Å². The minimum absolute atomic E-state index is 0.0300. The molecule has 4 rings (SSSR count). The summed E-state index contributed by atoms with van der Waals surface area (Å²) < 4.78 is 11.5. The van der Waals surface area contributed by atoms with E-state index in [9.17, 15) is 9.59 Å². The maximum Gasteiger partial charge on any atom is 0.251 e. The van der Waals surface area contributed by atoms with Crippen LogP contribution in [0.25, 0.3) is 0 Å². The molecule has 0 aliphatic carbocycles. The van der Waals surface area contributed by atoms with E-state index >= 15 is 0 Å². The van der Waals surface area contributed by atoms with Gasteiger partial charge in [-0.15, -0.1) is 0 Å². The predicted molar refractivity (Wildman–Crippen MR) is 92.6 cm³/mol. The number of amides is 2. The van der Waals surface area contributed by atoms with Crippen LogP contribution in [0.2, 0.25) is 0 Å². The van der Waals surface area contributed by atoms with Gasteiger partial charge in [-0.1, -0.05) is 0 Å². The number of benzene rings is 1. The van der Waals surface area contributed by atoms with Gasteiger partial charge >= 0.3 is 0 Å². The number of hydrogen-bond acceptors (Lipinski definition) is 4. The van der Waals surface area contributed by atoms with E-state index in [2.05, 4.69) is 10.6 Å². The lowest BCUT2D eigenvalue weighted by Crippen LogP contribution is -2.52. The number of carbonyl (C=O) groups is 2. The number of rotatable bonds is 2. The molecule has 0 bridgehead atoms. The first-order valence-electron chi connectivity index (χ1n) is 9.12. The molecule has 2 amide bonds. The SMILES string of the molecule is O=C1CCCc2cc(C(=O)NC3CCOC34CCOCC4)ccc2N1. The van der Waals surface area contributed by atoms with Crippen LogP contribution in [0, 0.1) is 0 Å². The summed E-state index contributed by atoms with van der Waals surface area (Å²) in [5.41, 5.74) is 2.23. The fraction of sp³-hybridized carbons (Fsp3) is 0.579. The minimum atomic E-state index is -0.270. The Morgan fingerprint density at radius 1 is 1.20 bits per heavy atom. The molecule has 3 aliphatic rings. The van der Waals surface area contributed by atoms with Crippen LogP contribution in [-0.4, -0.2) is 43.3 Å². The quantitative estimate of drug-likeness (QED) is 0.861. The van der Waals surface area contributed by atoms with Gasteiger partial charge in [0.2, 0.25) is 5.91 Å². The Kier molecular flexibility index (Phi) is 4.48. The number of hydrogen-bond donors (Lipinski definition) is 2. The Hall–Kier alpha value is -1.92. The molecule has 1 aromatic carbocycles. The van der Waals surface area contributed by atoms with Gasteiger partial charge in [-0.05, 0) is 43.0 Å². The molecule has 134 valence electrons. The molecule has 1 atom stereocenters. The molecule has 1 unspecified atom stereocenters. The molecule has 0 radical (unpaired) electrons. The first kappa shape index (κ1) is 16.5. The fourth-order valence-corrected chi connectivity index (χ4v) is 4.11. The van der Waals surface area contributed by atoms with Crippen LogP contribution in [0.4, 0.5) is 5.69 Å². The molecule has 25 heavy (non-hydrogen) atoms. The monoisotopic (exact) mass is 344 g/mol. The lowest BCUT2D eigenvalue weighted by atomic mass is 9.86. The van der Waals surface area contributed by atoms with Crippen LogP contribution in [0.3, 0.4) is 0 Å². The third-order valence-corrected chi connectivity index (χ3v) is 5.57. The Morgan fingerprint density at radius 3 is 2.88 bits per heavy atom. The normalized spacial score (nSPS) is 25.1. The number of ether oxygens (including phenoxy) is 2. The standard InChI is InChI=1S/C19H24N2O4/c22-17-3-1-2-13-12-14(4-5-15(13)20-17)18(23)21-16-6-9-25-19(16)7-10-24-11-8-19/h4-5,12,16H,1-3,6-11H2,(H,20,22)(H,21,23). The maximum absolute atomic E-state index is 12.8. The van der Waals surface area contributed by atoms with Crippen molar-refractivity contribution >= 4 is 17.5 Å². The van der Waals surface area contributed by atoms with E-state index in [-0.39, 0.29) is 23.5 Å². The number of carbonyl (C=O) groups excluding carboxylic acids is 2. The molecule has 1 aromatic rings. The Balaban J connectivity index is 1.49. The fourth-order valence-electron chi connectivity index (χ4n) is 4.11.